The molecule has 0 saturated carbocycles. The number of aliphatic hydroxyl groups is 3. The van der Waals surface area contributed by atoms with Crippen LogP contribution in [0.3, 0.4) is 0 Å². The molecule has 0 saturated heterocycles. The second-order valence-electron chi connectivity index (χ2n) is 2.95. The molecule has 86 valence electrons. The van der Waals surface area contributed by atoms with Gasteiger partial charge >= 0.3 is 0 Å². The Kier molecular flexibility index (Phi) is 9.23. The first-order chi connectivity index (χ1) is 6.74. The maximum atomic E-state index is 9.18. The Morgan fingerprint density at radius 3 is 2.50 bits per heavy atom. The standard InChI is InChI=1S/C9H20O5/c1-2-14-9(5-8(12)6-11)7-13-4-3-10/h8-12H,2-7H2,1H3. The third-order valence-electron chi connectivity index (χ3n) is 1.69. The highest BCUT2D eigenvalue weighted by molar-refractivity contribution is 4.63. The molecule has 2 atom stereocenters. The van der Waals surface area contributed by atoms with E-state index in [0.717, 1.165) is 0 Å². The van der Waals surface area contributed by atoms with Gasteiger partial charge in [-0.2, -0.15) is 0 Å². The van der Waals surface area contributed by atoms with Crippen molar-refractivity contribution in [3.63, 3.8) is 0 Å². The molecule has 0 rings (SSSR count). The topological polar surface area (TPSA) is 79.2 Å². The fourth-order valence-corrected chi connectivity index (χ4v) is 1.08. The van der Waals surface area contributed by atoms with Crippen LogP contribution in [0.4, 0.5) is 0 Å². The van der Waals surface area contributed by atoms with Crippen molar-refractivity contribution in [3.05, 3.63) is 0 Å². The summed E-state index contributed by atoms with van der Waals surface area (Å²) in [4.78, 5) is 0. The van der Waals surface area contributed by atoms with Crippen molar-refractivity contribution in [2.45, 2.75) is 25.6 Å². The highest BCUT2D eigenvalue weighted by atomic mass is 16.5. The summed E-state index contributed by atoms with van der Waals surface area (Å²) in [5.74, 6) is 0. The SMILES string of the molecule is CCOC(COCCO)CC(O)CO. The molecule has 0 spiro atoms. The summed E-state index contributed by atoms with van der Waals surface area (Å²) in [5, 5.41) is 26.3. The Balaban J connectivity index is 3.65. The van der Waals surface area contributed by atoms with Crippen LogP contribution in [-0.2, 0) is 9.47 Å². The lowest BCUT2D eigenvalue weighted by Gasteiger charge is -2.19. The van der Waals surface area contributed by atoms with Crippen LogP contribution in [0.5, 0.6) is 0 Å². The van der Waals surface area contributed by atoms with E-state index in [9.17, 15) is 5.11 Å². The van der Waals surface area contributed by atoms with Crippen LogP contribution >= 0.6 is 0 Å². The molecule has 5 nitrogen and oxygen atoms in total. The van der Waals surface area contributed by atoms with Crippen LogP contribution in [-0.4, -0.2) is 60.6 Å². The van der Waals surface area contributed by atoms with Gasteiger partial charge in [0.2, 0.25) is 0 Å². The fourth-order valence-electron chi connectivity index (χ4n) is 1.08. The van der Waals surface area contributed by atoms with Gasteiger partial charge in [0.25, 0.3) is 0 Å². The quantitative estimate of drug-likeness (QED) is 0.430. The summed E-state index contributed by atoms with van der Waals surface area (Å²) in [7, 11) is 0. The minimum absolute atomic E-state index is 0.0264. The van der Waals surface area contributed by atoms with Gasteiger partial charge in [0.15, 0.2) is 0 Å². The summed E-state index contributed by atoms with van der Waals surface area (Å²) in [6, 6.07) is 0. The molecule has 0 bridgehead atoms. The second kappa shape index (κ2) is 9.36. The van der Waals surface area contributed by atoms with E-state index in [1.54, 1.807) is 0 Å². The largest absolute Gasteiger partial charge is 0.394 e. The highest BCUT2D eigenvalue weighted by Gasteiger charge is 2.14. The minimum atomic E-state index is -0.774. The second-order valence-corrected chi connectivity index (χ2v) is 2.95. The van der Waals surface area contributed by atoms with Gasteiger partial charge in [0.1, 0.15) is 0 Å². The molecule has 0 aromatic carbocycles. The molecule has 0 aliphatic heterocycles. The normalized spacial score (nSPS) is 15.4. The van der Waals surface area contributed by atoms with Gasteiger partial charge in [0, 0.05) is 13.0 Å². The van der Waals surface area contributed by atoms with E-state index >= 15 is 0 Å². The summed E-state index contributed by atoms with van der Waals surface area (Å²) in [5.41, 5.74) is 0. The number of hydrogen-bond acceptors (Lipinski definition) is 5. The molecular weight excluding hydrogens is 188 g/mol. The average molecular weight is 208 g/mol. The smallest absolute Gasteiger partial charge is 0.0833 e. The molecule has 0 radical (unpaired) electrons. The Hall–Kier alpha value is -0.200. The predicted molar refractivity (Wildman–Crippen MR) is 51.0 cm³/mol. The van der Waals surface area contributed by atoms with Crippen molar-refractivity contribution in [3.8, 4) is 0 Å². The van der Waals surface area contributed by atoms with Crippen molar-refractivity contribution < 1.29 is 24.8 Å². The van der Waals surface area contributed by atoms with Crippen LogP contribution in [0.2, 0.25) is 0 Å². The van der Waals surface area contributed by atoms with Crippen LogP contribution in [0.1, 0.15) is 13.3 Å². The molecule has 0 aliphatic rings. The predicted octanol–water partition coefficient (Wildman–Crippen LogP) is -0.856. The molecule has 14 heavy (non-hydrogen) atoms. The Morgan fingerprint density at radius 1 is 1.29 bits per heavy atom. The van der Waals surface area contributed by atoms with Crippen LogP contribution < -0.4 is 0 Å². The molecule has 0 fully saturated rings. The van der Waals surface area contributed by atoms with Crippen molar-refractivity contribution in [1.82, 2.24) is 0 Å². The first kappa shape index (κ1) is 13.8. The number of hydrogen-bond donors (Lipinski definition) is 3. The summed E-state index contributed by atoms with van der Waals surface area (Å²) >= 11 is 0. The summed E-state index contributed by atoms with van der Waals surface area (Å²) in [6.45, 7) is 2.67. The number of ether oxygens (including phenoxy) is 2. The van der Waals surface area contributed by atoms with Crippen LogP contribution in [0.15, 0.2) is 0 Å². The maximum absolute atomic E-state index is 9.18. The number of aliphatic hydroxyl groups excluding tert-OH is 3. The van der Waals surface area contributed by atoms with Gasteiger partial charge in [-0.15, -0.1) is 0 Å². The first-order valence-corrected chi connectivity index (χ1v) is 4.83. The van der Waals surface area contributed by atoms with Crippen LogP contribution in [0.25, 0.3) is 0 Å². The molecular formula is C9H20O5. The maximum Gasteiger partial charge on any atom is 0.0833 e. The van der Waals surface area contributed by atoms with Crippen molar-refractivity contribution >= 4 is 0 Å². The lowest BCUT2D eigenvalue weighted by atomic mass is 10.2. The first-order valence-electron chi connectivity index (χ1n) is 4.83. The summed E-state index contributed by atoms with van der Waals surface area (Å²) in [6.07, 6.45) is -0.659. The van der Waals surface area contributed by atoms with E-state index in [4.69, 9.17) is 19.7 Å². The zero-order valence-electron chi connectivity index (χ0n) is 8.56. The molecule has 3 N–H and O–H groups in total. The molecule has 0 aromatic heterocycles. The monoisotopic (exact) mass is 208 g/mol. The lowest BCUT2D eigenvalue weighted by Crippen LogP contribution is -2.28. The summed E-state index contributed by atoms with van der Waals surface area (Å²) < 4.78 is 10.4. The van der Waals surface area contributed by atoms with Crippen LogP contribution in [0, 0.1) is 0 Å². The van der Waals surface area contributed by atoms with E-state index in [2.05, 4.69) is 0 Å². The molecule has 0 amide bonds. The zero-order chi connectivity index (χ0) is 10.8. The highest BCUT2D eigenvalue weighted by Crippen LogP contribution is 2.03. The Bertz CT molecular complexity index is 120. The zero-order valence-corrected chi connectivity index (χ0v) is 8.56. The van der Waals surface area contributed by atoms with Gasteiger partial charge in [-0.25, -0.2) is 0 Å². The molecule has 5 heteroatoms. The van der Waals surface area contributed by atoms with Gasteiger partial charge in [-0.3, -0.25) is 0 Å². The third-order valence-corrected chi connectivity index (χ3v) is 1.69. The van der Waals surface area contributed by atoms with Gasteiger partial charge in [0.05, 0.1) is 38.6 Å². The average Bonchev–Trinajstić information content (AvgIpc) is 2.18. The van der Waals surface area contributed by atoms with Gasteiger partial charge < -0.3 is 24.8 Å². The van der Waals surface area contributed by atoms with Gasteiger partial charge in [-0.1, -0.05) is 0 Å². The number of rotatable bonds is 9. The van der Waals surface area contributed by atoms with E-state index in [-0.39, 0.29) is 25.9 Å². The van der Waals surface area contributed by atoms with E-state index in [1.807, 2.05) is 6.92 Å². The van der Waals surface area contributed by atoms with Gasteiger partial charge in [-0.05, 0) is 6.92 Å². The Labute approximate surface area is 84.3 Å². The molecule has 0 aromatic rings. The third kappa shape index (κ3) is 7.23. The lowest BCUT2D eigenvalue weighted by molar-refractivity contribution is -0.0474. The van der Waals surface area contributed by atoms with E-state index < -0.39 is 6.10 Å². The minimum Gasteiger partial charge on any atom is -0.394 e. The Morgan fingerprint density at radius 2 is 2.00 bits per heavy atom. The van der Waals surface area contributed by atoms with E-state index in [0.29, 0.717) is 19.6 Å². The van der Waals surface area contributed by atoms with Crippen molar-refractivity contribution in [2.24, 2.45) is 0 Å². The molecule has 0 aliphatic carbocycles. The molecule has 0 heterocycles. The van der Waals surface area contributed by atoms with Crippen molar-refractivity contribution in [2.75, 3.05) is 33.0 Å². The van der Waals surface area contributed by atoms with Crippen molar-refractivity contribution in [1.29, 1.82) is 0 Å². The molecule has 2 unspecified atom stereocenters. The fraction of sp³-hybridized carbons (Fsp3) is 1.00. The van der Waals surface area contributed by atoms with E-state index in [1.165, 1.54) is 0 Å².